The molecule has 7 heteroatoms. The molecular weight excluding hydrogens is 357 g/mol. The van der Waals surface area contributed by atoms with Gasteiger partial charge in [-0.05, 0) is 42.3 Å². The van der Waals surface area contributed by atoms with E-state index in [0.717, 1.165) is 24.7 Å². The van der Waals surface area contributed by atoms with Crippen LogP contribution in [0.1, 0.15) is 35.7 Å². The zero-order valence-electron chi connectivity index (χ0n) is 14.8. The number of amides is 1. The van der Waals surface area contributed by atoms with E-state index in [9.17, 15) is 17.6 Å². The molecule has 0 saturated heterocycles. The highest BCUT2D eigenvalue weighted by molar-refractivity contribution is 7.86. The number of hydrogen-bond acceptors (Lipinski definition) is 4. The third kappa shape index (κ3) is 6.15. The lowest BCUT2D eigenvalue weighted by Crippen LogP contribution is -2.31. The highest BCUT2D eigenvalue weighted by Crippen LogP contribution is 2.17. The number of benzene rings is 2. The van der Waals surface area contributed by atoms with Crippen LogP contribution in [0.3, 0.4) is 0 Å². The van der Waals surface area contributed by atoms with E-state index < -0.39 is 15.9 Å². The lowest BCUT2D eigenvalue weighted by atomic mass is 10.1. The zero-order chi connectivity index (χ0) is 19.2. The third-order valence-corrected chi connectivity index (χ3v) is 4.18. The first-order valence-corrected chi connectivity index (χ1v) is 10.1. The van der Waals surface area contributed by atoms with Crippen molar-refractivity contribution in [2.24, 2.45) is 0 Å². The molecule has 0 aliphatic rings. The summed E-state index contributed by atoms with van der Waals surface area (Å²) in [5.41, 5.74) is 1.13. The minimum atomic E-state index is -3.58. The quantitative estimate of drug-likeness (QED) is 0.658. The Morgan fingerprint density at radius 1 is 1.15 bits per heavy atom. The van der Waals surface area contributed by atoms with Crippen LogP contribution < -0.4 is 4.18 Å². The van der Waals surface area contributed by atoms with E-state index in [4.69, 9.17) is 4.18 Å². The van der Waals surface area contributed by atoms with Gasteiger partial charge in [0.25, 0.3) is 5.91 Å². The maximum Gasteiger partial charge on any atom is 0.306 e. The van der Waals surface area contributed by atoms with E-state index >= 15 is 0 Å². The molecule has 2 aromatic rings. The number of carbonyl (C=O) groups is 1. The molecule has 0 aliphatic carbocycles. The van der Waals surface area contributed by atoms with E-state index in [1.807, 2.05) is 6.92 Å². The van der Waals surface area contributed by atoms with Gasteiger partial charge in [-0.2, -0.15) is 8.42 Å². The van der Waals surface area contributed by atoms with Crippen LogP contribution in [0.5, 0.6) is 5.75 Å². The second-order valence-corrected chi connectivity index (χ2v) is 7.60. The van der Waals surface area contributed by atoms with Gasteiger partial charge in [0.2, 0.25) is 0 Å². The van der Waals surface area contributed by atoms with Crippen LogP contribution in [0.4, 0.5) is 4.39 Å². The summed E-state index contributed by atoms with van der Waals surface area (Å²) in [5.74, 6) is -0.476. The second kappa shape index (κ2) is 8.80. The lowest BCUT2D eigenvalue weighted by Gasteiger charge is -2.23. The molecule has 0 atom stereocenters. The summed E-state index contributed by atoms with van der Waals surface area (Å²) in [5, 5.41) is 0. The first kappa shape index (κ1) is 19.9. The molecule has 0 heterocycles. The van der Waals surface area contributed by atoms with Crippen LogP contribution in [0.25, 0.3) is 0 Å². The molecule has 0 bridgehead atoms. The minimum Gasteiger partial charge on any atom is -0.383 e. The van der Waals surface area contributed by atoms with Gasteiger partial charge in [-0.3, -0.25) is 4.79 Å². The molecule has 5 nitrogen and oxygen atoms in total. The van der Waals surface area contributed by atoms with Crippen molar-refractivity contribution < 1.29 is 21.8 Å². The highest BCUT2D eigenvalue weighted by atomic mass is 32.2. The van der Waals surface area contributed by atoms with Gasteiger partial charge in [0.15, 0.2) is 0 Å². The van der Waals surface area contributed by atoms with E-state index in [-0.39, 0.29) is 11.7 Å². The van der Waals surface area contributed by atoms with Crippen molar-refractivity contribution >= 4 is 16.0 Å². The summed E-state index contributed by atoms with van der Waals surface area (Å²) >= 11 is 0. The Balaban J connectivity index is 2.15. The van der Waals surface area contributed by atoms with Gasteiger partial charge in [0, 0.05) is 18.7 Å². The second-order valence-electron chi connectivity index (χ2n) is 6.02. The van der Waals surface area contributed by atoms with Crippen LogP contribution >= 0.6 is 0 Å². The normalized spacial score (nSPS) is 11.2. The van der Waals surface area contributed by atoms with Gasteiger partial charge in [0.1, 0.15) is 11.6 Å². The Kier molecular flexibility index (Phi) is 6.74. The monoisotopic (exact) mass is 379 g/mol. The van der Waals surface area contributed by atoms with Crippen LogP contribution in [0.15, 0.2) is 48.5 Å². The van der Waals surface area contributed by atoms with Crippen molar-refractivity contribution in [2.45, 2.75) is 26.3 Å². The Bertz CT molecular complexity index is 850. The van der Waals surface area contributed by atoms with E-state index in [1.165, 1.54) is 18.2 Å². The van der Waals surface area contributed by atoms with Crippen molar-refractivity contribution in [1.82, 2.24) is 4.90 Å². The predicted octanol–water partition coefficient (Wildman–Crippen LogP) is 3.61. The number of unbranched alkanes of at least 4 members (excludes halogenated alkanes) is 1. The van der Waals surface area contributed by atoms with Gasteiger partial charge in [0.05, 0.1) is 6.26 Å². The van der Waals surface area contributed by atoms with Gasteiger partial charge < -0.3 is 9.08 Å². The highest BCUT2D eigenvalue weighted by Gasteiger charge is 2.16. The third-order valence-electron chi connectivity index (χ3n) is 3.68. The van der Waals surface area contributed by atoms with Crippen molar-refractivity contribution in [3.63, 3.8) is 0 Å². The molecule has 2 aromatic carbocycles. The van der Waals surface area contributed by atoms with Crippen LogP contribution in [0, 0.1) is 5.82 Å². The molecule has 0 unspecified atom stereocenters. The number of halogens is 1. The number of rotatable bonds is 8. The summed E-state index contributed by atoms with van der Waals surface area (Å²) < 4.78 is 40.5. The average Bonchev–Trinajstić information content (AvgIpc) is 2.58. The maximum absolute atomic E-state index is 13.4. The molecule has 0 radical (unpaired) electrons. The average molecular weight is 379 g/mol. The molecule has 0 saturated carbocycles. The van der Waals surface area contributed by atoms with Gasteiger partial charge >= 0.3 is 10.1 Å². The largest absolute Gasteiger partial charge is 0.383 e. The van der Waals surface area contributed by atoms with E-state index in [1.54, 1.807) is 35.2 Å². The smallest absolute Gasteiger partial charge is 0.306 e. The summed E-state index contributed by atoms with van der Waals surface area (Å²) in [6, 6.07) is 12.1. The molecule has 1 amide bonds. The van der Waals surface area contributed by atoms with Crippen LogP contribution in [0.2, 0.25) is 0 Å². The predicted molar refractivity (Wildman–Crippen MR) is 98.0 cm³/mol. The maximum atomic E-state index is 13.4. The summed E-state index contributed by atoms with van der Waals surface area (Å²) in [6.45, 7) is 2.92. The number of carbonyl (C=O) groups excluding carboxylic acids is 1. The molecule has 26 heavy (non-hydrogen) atoms. The molecular formula is C19H22FNO4S. The first-order chi connectivity index (χ1) is 12.3. The fourth-order valence-corrected chi connectivity index (χ4v) is 2.91. The topological polar surface area (TPSA) is 63.7 Å². The minimum absolute atomic E-state index is 0.216. The van der Waals surface area contributed by atoms with E-state index in [2.05, 4.69) is 0 Å². The lowest BCUT2D eigenvalue weighted by molar-refractivity contribution is 0.0740. The Morgan fingerprint density at radius 3 is 2.42 bits per heavy atom. The van der Waals surface area contributed by atoms with Crippen molar-refractivity contribution in [1.29, 1.82) is 0 Å². The van der Waals surface area contributed by atoms with Gasteiger partial charge in [-0.1, -0.05) is 31.5 Å². The van der Waals surface area contributed by atoms with Crippen LogP contribution in [-0.4, -0.2) is 32.0 Å². The van der Waals surface area contributed by atoms with Crippen molar-refractivity contribution in [3.8, 4) is 5.75 Å². The van der Waals surface area contributed by atoms with Crippen LogP contribution in [-0.2, 0) is 16.7 Å². The van der Waals surface area contributed by atoms with Gasteiger partial charge in [-0.15, -0.1) is 0 Å². The molecule has 2 rings (SSSR count). The van der Waals surface area contributed by atoms with Crippen molar-refractivity contribution in [2.75, 3.05) is 12.8 Å². The Hall–Kier alpha value is -2.41. The molecule has 0 spiro atoms. The fourth-order valence-electron chi connectivity index (χ4n) is 2.45. The number of hydrogen-bond donors (Lipinski definition) is 0. The molecule has 140 valence electrons. The molecule has 0 fully saturated rings. The fraction of sp³-hybridized carbons (Fsp3) is 0.316. The number of nitrogens with zero attached hydrogens (tertiary/aromatic N) is 1. The summed E-state index contributed by atoms with van der Waals surface area (Å²) in [6.07, 6.45) is 2.73. The van der Waals surface area contributed by atoms with Gasteiger partial charge in [-0.25, -0.2) is 4.39 Å². The standard InChI is InChI=1S/C19H22FNO4S/c1-3-4-12-21(19(22)16-6-5-7-17(20)13-16)14-15-8-10-18(11-9-15)25-26(2,23)24/h5-11,13H,3-4,12,14H2,1-2H3. The Labute approximate surface area is 153 Å². The Morgan fingerprint density at radius 2 is 1.85 bits per heavy atom. The first-order valence-electron chi connectivity index (χ1n) is 8.31. The zero-order valence-corrected chi connectivity index (χ0v) is 15.6. The summed E-state index contributed by atoms with van der Waals surface area (Å²) in [4.78, 5) is 14.4. The summed E-state index contributed by atoms with van der Waals surface area (Å²) in [7, 11) is -3.58. The molecule has 0 N–H and O–H groups in total. The molecule has 0 aromatic heterocycles. The SMILES string of the molecule is CCCCN(Cc1ccc(OS(C)(=O)=O)cc1)C(=O)c1cccc(F)c1. The van der Waals surface area contributed by atoms with Crippen molar-refractivity contribution in [3.05, 3.63) is 65.5 Å². The van der Waals surface area contributed by atoms with E-state index in [0.29, 0.717) is 18.7 Å². The molecule has 0 aliphatic heterocycles.